The summed E-state index contributed by atoms with van der Waals surface area (Å²) in [6.07, 6.45) is 6.48. The molecule has 24 heavy (non-hydrogen) atoms. The van der Waals surface area contributed by atoms with Crippen molar-refractivity contribution in [1.82, 2.24) is 15.3 Å². The molecule has 1 aliphatic carbocycles. The lowest BCUT2D eigenvalue weighted by Gasteiger charge is -2.39. The Morgan fingerprint density at radius 3 is 2.67 bits per heavy atom. The molecule has 0 spiro atoms. The molecule has 1 aliphatic rings. The molecule has 0 saturated heterocycles. The minimum atomic E-state index is -0.513. The maximum absolute atomic E-state index is 12.0. The van der Waals surface area contributed by atoms with Crippen molar-refractivity contribution in [3.63, 3.8) is 0 Å². The molecule has 134 valence electrons. The Balaban J connectivity index is 2.09. The van der Waals surface area contributed by atoms with Crippen molar-refractivity contribution in [3.8, 4) is 0 Å². The fourth-order valence-electron chi connectivity index (χ4n) is 2.81. The van der Waals surface area contributed by atoms with Crippen molar-refractivity contribution >= 4 is 39.4 Å². The van der Waals surface area contributed by atoms with E-state index in [1.807, 2.05) is 20.8 Å². The number of alkyl carbamates (subject to hydrolysis) is 1. The largest absolute Gasteiger partial charge is 0.444 e. The molecule has 1 heterocycles. The first kappa shape index (κ1) is 19.2. The Morgan fingerprint density at radius 1 is 1.38 bits per heavy atom. The number of halogens is 2. The monoisotopic (exact) mass is 418 g/mol. The van der Waals surface area contributed by atoms with Gasteiger partial charge in [-0.25, -0.2) is 9.78 Å². The lowest BCUT2D eigenvalue weighted by Crippen LogP contribution is -2.51. The van der Waals surface area contributed by atoms with Gasteiger partial charge in [0.2, 0.25) is 5.28 Å². The van der Waals surface area contributed by atoms with E-state index in [0.717, 1.165) is 30.2 Å². The van der Waals surface area contributed by atoms with Crippen LogP contribution < -0.4 is 10.6 Å². The van der Waals surface area contributed by atoms with E-state index in [1.54, 1.807) is 6.20 Å². The number of aromatic nitrogens is 2. The molecule has 0 atom stereocenters. The van der Waals surface area contributed by atoms with E-state index in [0.29, 0.717) is 12.4 Å². The lowest BCUT2D eigenvalue weighted by atomic mass is 9.81. The Kier molecular flexibility index (Phi) is 6.31. The van der Waals surface area contributed by atoms with Gasteiger partial charge in [-0.15, -0.1) is 0 Å². The summed E-state index contributed by atoms with van der Waals surface area (Å²) in [5, 5.41) is 6.54. The smallest absolute Gasteiger partial charge is 0.407 e. The van der Waals surface area contributed by atoms with Crippen LogP contribution in [0.1, 0.15) is 52.9 Å². The average Bonchev–Trinajstić information content (AvgIpc) is 2.48. The molecular weight excluding hydrogens is 396 g/mol. The first-order valence-electron chi connectivity index (χ1n) is 8.12. The van der Waals surface area contributed by atoms with Crippen LogP contribution in [0.4, 0.5) is 10.6 Å². The van der Waals surface area contributed by atoms with Crippen molar-refractivity contribution in [2.75, 3.05) is 11.9 Å². The molecule has 1 fully saturated rings. The van der Waals surface area contributed by atoms with E-state index < -0.39 is 11.7 Å². The highest BCUT2D eigenvalue weighted by molar-refractivity contribution is 9.10. The van der Waals surface area contributed by atoms with Gasteiger partial charge in [-0.05, 0) is 61.1 Å². The molecule has 1 aromatic rings. The van der Waals surface area contributed by atoms with E-state index in [4.69, 9.17) is 16.3 Å². The van der Waals surface area contributed by atoms with Crippen LogP contribution in [0.2, 0.25) is 5.28 Å². The maximum Gasteiger partial charge on any atom is 0.407 e. The first-order valence-corrected chi connectivity index (χ1v) is 9.29. The molecule has 6 nitrogen and oxygen atoms in total. The number of hydrogen-bond acceptors (Lipinski definition) is 5. The summed E-state index contributed by atoms with van der Waals surface area (Å²) in [4.78, 5) is 20.2. The fraction of sp³-hybridized carbons (Fsp3) is 0.688. The number of carbonyl (C=O) groups excluding carboxylic acids is 1. The third kappa shape index (κ3) is 5.77. The van der Waals surface area contributed by atoms with Crippen LogP contribution in [0.3, 0.4) is 0 Å². The molecule has 0 aliphatic heterocycles. The van der Waals surface area contributed by atoms with Crippen LogP contribution in [0.15, 0.2) is 10.7 Å². The summed E-state index contributed by atoms with van der Waals surface area (Å²) >= 11 is 9.35. The summed E-state index contributed by atoms with van der Waals surface area (Å²) in [7, 11) is 0. The second-order valence-corrected chi connectivity index (χ2v) is 8.35. The Labute approximate surface area is 156 Å². The Morgan fingerprint density at radius 2 is 2.04 bits per heavy atom. The standard InChI is InChI=1S/C16H24BrClN4O2/c1-15(2,3)24-14(23)20-10-16(7-5-4-6-8-16)22-12-11(17)9-19-13(18)21-12/h9H,4-8,10H2,1-3H3,(H,20,23)(H,19,21,22). The predicted molar refractivity (Wildman–Crippen MR) is 98.4 cm³/mol. The van der Waals surface area contributed by atoms with Gasteiger partial charge in [-0.3, -0.25) is 0 Å². The summed E-state index contributed by atoms with van der Waals surface area (Å²) in [6, 6.07) is 0. The van der Waals surface area contributed by atoms with Crippen molar-refractivity contribution in [2.45, 2.75) is 64.0 Å². The molecule has 8 heteroatoms. The Bertz CT molecular complexity index is 586. The summed E-state index contributed by atoms with van der Waals surface area (Å²) in [6.45, 7) is 6.01. The van der Waals surface area contributed by atoms with E-state index in [-0.39, 0.29) is 10.8 Å². The zero-order valence-corrected chi connectivity index (χ0v) is 16.6. The van der Waals surface area contributed by atoms with Crippen LogP contribution in [0.25, 0.3) is 0 Å². The van der Waals surface area contributed by atoms with Gasteiger partial charge in [0, 0.05) is 12.7 Å². The number of carbonyl (C=O) groups is 1. The minimum Gasteiger partial charge on any atom is -0.444 e. The molecule has 0 aromatic carbocycles. The summed E-state index contributed by atoms with van der Waals surface area (Å²) in [5.74, 6) is 0.642. The van der Waals surface area contributed by atoms with E-state index >= 15 is 0 Å². The molecular formula is C16H24BrClN4O2. The third-order valence-corrected chi connectivity index (χ3v) is 4.64. The summed E-state index contributed by atoms with van der Waals surface area (Å²) in [5.41, 5.74) is -0.782. The SMILES string of the molecule is CC(C)(C)OC(=O)NCC1(Nc2nc(Cl)ncc2Br)CCCCC1. The second kappa shape index (κ2) is 7.87. The van der Waals surface area contributed by atoms with Crippen LogP contribution in [0.5, 0.6) is 0 Å². The molecule has 1 amide bonds. The van der Waals surface area contributed by atoms with Gasteiger partial charge < -0.3 is 15.4 Å². The van der Waals surface area contributed by atoms with Crippen LogP contribution in [-0.2, 0) is 4.74 Å². The van der Waals surface area contributed by atoms with E-state index in [9.17, 15) is 4.79 Å². The summed E-state index contributed by atoms with van der Waals surface area (Å²) < 4.78 is 6.08. The molecule has 2 N–H and O–H groups in total. The minimum absolute atomic E-state index is 0.187. The van der Waals surface area contributed by atoms with Gasteiger partial charge in [-0.2, -0.15) is 4.98 Å². The van der Waals surface area contributed by atoms with Crippen LogP contribution in [0, 0.1) is 0 Å². The predicted octanol–water partition coefficient (Wildman–Crippen LogP) is 4.53. The van der Waals surface area contributed by atoms with E-state index in [1.165, 1.54) is 6.42 Å². The number of nitrogens with zero attached hydrogens (tertiary/aromatic N) is 2. The number of hydrogen-bond donors (Lipinski definition) is 2. The maximum atomic E-state index is 12.0. The third-order valence-electron chi connectivity index (χ3n) is 3.88. The van der Waals surface area contributed by atoms with Crippen molar-refractivity contribution < 1.29 is 9.53 Å². The molecule has 0 bridgehead atoms. The molecule has 1 saturated carbocycles. The first-order chi connectivity index (χ1) is 11.2. The fourth-order valence-corrected chi connectivity index (χ4v) is 3.24. The van der Waals surface area contributed by atoms with Gasteiger partial charge >= 0.3 is 6.09 Å². The quantitative estimate of drug-likeness (QED) is 0.701. The van der Waals surface area contributed by atoms with Crippen molar-refractivity contribution in [3.05, 3.63) is 16.0 Å². The van der Waals surface area contributed by atoms with Gasteiger partial charge in [0.25, 0.3) is 0 Å². The molecule has 0 radical (unpaired) electrons. The number of amides is 1. The zero-order valence-electron chi connectivity index (χ0n) is 14.3. The van der Waals surface area contributed by atoms with Crippen molar-refractivity contribution in [1.29, 1.82) is 0 Å². The van der Waals surface area contributed by atoms with E-state index in [2.05, 4.69) is 36.5 Å². The lowest BCUT2D eigenvalue weighted by molar-refractivity contribution is 0.0512. The average molecular weight is 420 g/mol. The highest BCUT2D eigenvalue weighted by Gasteiger charge is 2.34. The normalized spacial score (nSPS) is 17.2. The second-order valence-electron chi connectivity index (χ2n) is 7.16. The van der Waals surface area contributed by atoms with Gasteiger partial charge in [0.05, 0.1) is 10.0 Å². The zero-order chi connectivity index (χ0) is 17.8. The van der Waals surface area contributed by atoms with Crippen molar-refractivity contribution in [2.24, 2.45) is 0 Å². The number of ether oxygens (including phenoxy) is 1. The van der Waals surface area contributed by atoms with Crippen LogP contribution in [-0.4, -0.2) is 33.7 Å². The van der Waals surface area contributed by atoms with Gasteiger partial charge in [-0.1, -0.05) is 19.3 Å². The Hall–Kier alpha value is -1.08. The number of rotatable bonds is 4. The highest BCUT2D eigenvalue weighted by Crippen LogP contribution is 2.33. The van der Waals surface area contributed by atoms with Gasteiger partial charge in [0.1, 0.15) is 11.4 Å². The molecule has 1 aromatic heterocycles. The molecule has 2 rings (SSSR count). The highest BCUT2D eigenvalue weighted by atomic mass is 79.9. The number of anilines is 1. The van der Waals surface area contributed by atoms with Crippen LogP contribution >= 0.6 is 27.5 Å². The number of nitrogens with one attached hydrogen (secondary N) is 2. The molecule has 0 unspecified atom stereocenters. The topological polar surface area (TPSA) is 76.1 Å². The van der Waals surface area contributed by atoms with Gasteiger partial charge in [0.15, 0.2) is 0 Å².